The van der Waals surface area contributed by atoms with Crippen molar-refractivity contribution in [2.75, 3.05) is 6.54 Å². The number of benzene rings is 1. The van der Waals surface area contributed by atoms with E-state index in [9.17, 15) is 0 Å². The number of nitrogens with zero attached hydrogens (tertiary/aromatic N) is 1. The van der Waals surface area contributed by atoms with E-state index >= 15 is 0 Å². The molecule has 0 saturated carbocycles. The van der Waals surface area contributed by atoms with Crippen molar-refractivity contribution in [3.8, 4) is 0 Å². The van der Waals surface area contributed by atoms with Crippen molar-refractivity contribution in [3.63, 3.8) is 0 Å². The molecule has 1 aliphatic rings. The summed E-state index contributed by atoms with van der Waals surface area (Å²) in [7, 11) is 0. The summed E-state index contributed by atoms with van der Waals surface area (Å²) in [5, 5.41) is 1.36. The smallest absolute Gasteiger partial charge is 0.0457 e. The Kier molecular flexibility index (Phi) is 4.18. The van der Waals surface area contributed by atoms with E-state index in [1.807, 2.05) is 0 Å². The SMILES string of the molecule is C[C@@H]1CCC[C@H](C)N1CCc1c[nH]c2ccc(Br)cc12. The maximum atomic E-state index is 3.57. The first-order chi connectivity index (χ1) is 9.65. The molecule has 20 heavy (non-hydrogen) atoms. The third kappa shape index (κ3) is 2.79. The first-order valence-corrected chi connectivity index (χ1v) is 8.45. The van der Waals surface area contributed by atoms with E-state index in [1.165, 1.54) is 42.3 Å². The standard InChI is InChI=1S/C17H23BrN2/c1-12-4-3-5-13(2)20(12)9-8-14-11-19-17-7-6-15(18)10-16(14)17/h6-7,10-13,19H,3-5,8-9H2,1-2H3/t12-,13+. The van der Waals surface area contributed by atoms with Gasteiger partial charge in [-0.15, -0.1) is 0 Å². The van der Waals surface area contributed by atoms with Gasteiger partial charge >= 0.3 is 0 Å². The molecule has 0 unspecified atom stereocenters. The van der Waals surface area contributed by atoms with Crippen LogP contribution in [0.5, 0.6) is 0 Å². The quantitative estimate of drug-likeness (QED) is 0.859. The number of halogens is 1. The third-order valence-electron chi connectivity index (χ3n) is 4.74. The van der Waals surface area contributed by atoms with Crippen LogP contribution >= 0.6 is 15.9 Å². The molecule has 3 heteroatoms. The second-order valence-electron chi connectivity index (χ2n) is 6.12. The van der Waals surface area contributed by atoms with Crippen LogP contribution in [0.15, 0.2) is 28.9 Å². The third-order valence-corrected chi connectivity index (χ3v) is 5.24. The van der Waals surface area contributed by atoms with E-state index < -0.39 is 0 Å². The summed E-state index contributed by atoms with van der Waals surface area (Å²) in [5.74, 6) is 0. The first kappa shape index (κ1) is 14.2. The van der Waals surface area contributed by atoms with E-state index in [2.05, 4.69) is 64.1 Å². The lowest BCUT2D eigenvalue weighted by atomic mass is 9.97. The number of fused-ring (bicyclic) bond motifs is 1. The van der Waals surface area contributed by atoms with Crippen LogP contribution in [0.25, 0.3) is 10.9 Å². The van der Waals surface area contributed by atoms with Crippen LogP contribution in [0.1, 0.15) is 38.7 Å². The van der Waals surface area contributed by atoms with Crippen molar-refractivity contribution in [2.24, 2.45) is 0 Å². The molecule has 2 aromatic rings. The largest absolute Gasteiger partial charge is 0.361 e. The highest BCUT2D eigenvalue weighted by Gasteiger charge is 2.24. The van der Waals surface area contributed by atoms with Crippen LogP contribution in [-0.4, -0.2) is 28.5 Å². The predicted molar refractivity (Wildman–Crippen MR) is 89.2 cm³/mol. The Balaban J connectivity index is 1.75. The second kappa shape index (κ2) is 5.90. The summed E-state index contributed by atoms with van der Waals surface area (Å²) in [6.07, 6.45) is 7.40. The molecule has 0 spiro atoms. The fraction of sp³-hybridized carbons (Fsp3) is 0.529. The van der Waals surface area contributed by atoms with Gasteiger partial charge in [-0.2, -0.15) is 0 Å². The van der Waals surface area contributed by atoms with Crippen molar-refractivity contribution in [2.45, 2.75) is 51.6 Å². The minimum atomic E-state index is 0.732. The Morgan fingerprint density at radius 3 is 2.75 bits per heavy atom. The van der Waals surface area contributed by atoms with E-state index in [0.29, 0.717) is 0 Å². The number of piperidine rings is 1. The van der Waals surface area contributed by atoms with Gasteiger partial charge in [0.2, 0.25) is 0 Å². The number of rotatable bonds is 3. The summed E-state index contributed by atoms with van der Waals surface area (Å²) < 4.78 is 1.16. The molecule has 0 bridgehead atoms. The predicted octanol–water partition coefficient (Wildman–Crippen LogP) is 4.74. The van der Waals surface area contributed by atoms with Crippen LogP contribution < -0.4 is 0 Å². The summed E-state index contributed by atoms with van der Waals surface area (Å²) in [6.45, 7) is 5.92. The van der Waals surface area contributed by atoms with E-state index in [4.69, 9.17) is 0 Å². The number of aromatic nitrogens is 1. The summed E-state index contributed by atoms with van der Waals surface area (Å²) in [5.41, 5.74) is 2.68. The van der Waals surface area contributed by atoms with E-state index in [1.54, 1.807) is 0 Å². The molecule has 1 aliphatic heterocycles. The van der Waals surface area contributed by atoms with Crippen LogP contribution in [0, 0.1) is 0 Å². The monoisotopic (exact) mass is 334 g/mol. The molecule has 1 saturated heterocycles. The molecule has 1 aromatic carbocycles. The second-order valence-corrected chi connectivity index (χ2v) is 7.04. The molecule has 1 fully saturated rings. The van der Waals surface area contributed by atoms with Gasteiger partial charge in [0.25, 0.3) is 0 Å². The van der Waals surface area contributed by atoms with Crippen molar-refractivity contribution < 1.29 is 0 Å². The van der Waals surface area contributed by atoms with Gasteiger partial charge in [0.1, 0.15) is 0 Å². The molecule has 2 heterocycles. The maximum absolute atomic E-state index is 3.57. The average Bonchev–Trinajstić information content (AvgIpc) is 2.81. The molecule has 0 aliphatic carbocycles. The van der Waals surface area contributed by atoms with Crippen LogP contribution in [0.4, 0.5) is 0 Å². The number of aromatic amines is 1. The van der Waals surface area contributed by atoms with Gasteiger partial charge in [-0.25, -0.2) is 0 Å². The Hall–Kier alpha value is -0.800. The molecule has 1 N–H and O–H groups in total. The number of hydrogen-bond acceptors (Lipinski definition) is 1. The highest BCUT2D eigenvalue weighted by molar-refractivity contribution is 9.10. The Bertz CT molecular complexity index is 580. The zero-order valence-corrected chi connectivity index (χ0v) is 13.9. The highest BCUT2D eigenvalue weighted by Crippen LogP contribution is 2.26. The lowest BCUT2D eigenvalue weighted by Gasteiger charge is -2.39. The number of likely N-dealkylation sites (tertiary alicyclic amines) is 1. The summed E-state index contributed by atoms with van der Waals surface area (Å²) >= 11 is 3.57. The van der Waals surface area contributed by atoms with Crippen molar-refractivity contribution >= 4 is 26.8 Å². The zero-order chi connectivity index (χ0) is 14.1. The number of hydrogen-bond donors (Lipinski definition) is 1. The number of H-pyrrole nitrogens is 1. The summed E-state index contributed by atoms with van der Waals surface area (Å²) in [6, 6.07) is 7.93. The minimum absolute atomic E-state index is 0.732. The molecule has 0 amide bonds. The molecular weight excluding hydrogens is 312 g/mol. The van der Waals surface area contributed by atoms with Crippen LogP contribution in [0.3, 0.4) is 0 Å². The van der Waals surface area contributed by atoms with Crippen molar-refractivity contribution in [1.82, 2.24) is 9.88 Å². The molecular formula is C17H23BrN2. The van der Waals surface area contributed by atoms with Gasteiger partial charge in [-0.1, -0.05) is 22.4 Å². The first-order valence-electron chi connectivity index (χ1n) is 7.66. The van der Waals surface area contributed by atoms with Gasteiger partial charge < -0.3 is 4.98 Å². The molecule has 2 nitrogen and oxygen atoms in total. The topological polar surface area (TPSA) is 19.0 Å². The lowest BCUT2D eigenvalue weighted by Crippen LogP contribution is -2.44. The van der Waals surface area contributed by atoms with Gasteiger partial charge in [0, 0.05) is 40.2 Å². The fourth-order valence-electron chi connectivity index (χ4n) is 3.52. The lowest BCUT2D eigenvalue weighted by molar-refractivity contribution is 0.105. The van der Waals surface area contributed by atoms with Crippen molar-refractivity contribution in [1.29, 1.82) is 0 Å². The number of nitrogens with one attached hydrogen (secondary N) is 1. The fourth-order valence-corrected chi connectivity index (χ4v) is 3.88. The van der Waals surface area contributed by atoms with Crippen molar-refractivity contribution in [3.05, 3.63) is 34.4 Å². The van der Waals surface area contributed by atoms with Crippen LogP contribution in [-0.2, 0) is 6.42 Å². The molecule has 2 atom stereocenters. The van der Waals surface area contributed by atoms with Gasteiger partial charge in [0.05, 0.1) is 0 Å². The van der Waals surface area contributed by atoms with E-state index in [0.717, 1.165) is 23.0 Å². The molecule has 0 radical (unpaired) electrons. The van der Waals surface area contributed by atoms with Gasteiger partial charge in [0.15, 0.2) is 0 Å². The van der Waals surface area contributed by atoms with Gasteiger partial charge in [-0.05, 0) is 56.9 Å². The zero-order valence-electron chi connectivity index (χ0n) is 12.3. The normalized spacial score (nSPS) is 24.4. The Morgan fingerprint density at radius 1 is 1.25 bits per heavy atom. The minimum Gasteiger partial charge on any atom is -0.361 e. The van der Waals surface area contributed by atoms with Gasteiger partial charge in [-0.3, -0.25) is 4.90 Å². The van der Waals surface area contributed by atoms with Crippen LogP contribution in [0.2, 0.25) is 0 Å². The molecule has 108 valence electrons. The maximum Gasteiger partial charge on any atom is 0.0457 e. The Morgan fingerprint density at radius 2 is 2.00 bits per heavy atom. The van der Waals surface area contributed by atoms with E-state index in [-0.39, 0.29) is 0 Å². The average molecular weight is 335 g/mol. The molecule has 1 aromatic heterocycles. The molecule has 3 rings (SSSR count). The summed E-state index contributed by atoms with van der Waals surface area (Å²) in [4.78, 5) is 6.07. The highest BCUT2D eigenvalue weighted by atomic mass is 79.9. The Labute approximate surface area is 129 Å².